The molecule has 0 fully saturated rings. The summed E-state index contributed by atoms with van der Waals surface area (Å²) in [6.45, 7) is 2.34. The molecule has 0 aromatic heterocycles. The molecule has 0 atom stereocenters. The van der Waals surface area contributed by atoms with E-state index in [1.165, 1.54) is 13.8 Å². The van der Waals surface area contributed by atoms with Gasteiger partial charge in [-0.25, -0.2) is 0 Å². The quantitative estimate of drug-likeness (QED) is 0.624. The Labute approximate surface area is 66.5 Å². The number of hydrogen-bond donors (Lipinski definition) is 0. The number of rotatable bonds is 3. The standard InChI is InChI=1S/C6H9F5O/c1-4(2)3-12-6(10,11)5(7,8)9/h4H,3H2,1-2H3. The highest BCUT2D eigenvalue weighted by Crippen LogP contribution is 2.36. The first-order valence-electron chi connectivity index (χ1n) is 3.25. The molecule has 0 rings (SSSR count). The molecule has 0 saturated carbocycles. The van der Waals surface area contributed by atoms with Crippen LogP contribution >= 0.6 is 0 Å². The van der Waals surface area contributed by atoms with Gasteiger partial charge in [0.25, 0.3) is 0 Å². The summed E-state index contributed by atoms with van der Waals surface area (Å²) in [7, 11) is 0. The third-order valence-electron chi connectivity index (χ3n) is 0.928. The van der Waals surface area contributed by atoms with Crippen LogP contribution in [0.5, 0.6) is 0 Å². The van der Waals surface area contributed by atoms with Crippen molar-refractivity contribution in [2.75, 3.05) is 6.61 Å². The highest BCUT2D eigenvalue weighted by Gasteiger charge is 2.59. The Balaban J connectivity index is 4.05. The van der Waals surface area contributed by atoms with E-state index in [0.29, 0.717) is 0 Å². The van der Waals surface area contributed by atoms with Gasteiger partial charge in [-0.05, 0) is 5.92 Å². The lowest BCUT2D eigenvalue weighted by Gasteiger charge is -2.20. The van der Waals surface area contributed by atoms with Gasteiger partial charge in [0.05, 0.1) is 6.61 Å². The fraction of sp³-hybridized carbons (Fsp3) is 1.00. The molecular weight excluding hydrogens is 183 g/mol. The first-order chi connectivity index (χ1) is 5.17. The first kappa shape index (κ1) is 11.6. The van der Waals surface area contributed by atoms with Gasteiger partial charge in [-0.2, -0.15) is 22.0 Å². The first-order valence-corrected chi connectivity index (χ1v) is 3.25. The maximum Gasteiger partial charge on any atom is 0.482 e. The molecule has 6 heteroatoms. The molecule has 12 heavy (non-hydrogen) atoms. The maximum absolute atomic E-state index is 11.9. The summed E-state index contributed by atoms with van der Waals surface area (Å²) in [5, 5.41) is 0. The van der Waals surface area contributed by atoms with E-state index in [-0.39, 0.29) is 5.92 Å². The molecule has 74 valence electrons. The third-order valence-corrected chi connectivity index (χ3v) is 0.928. The van der Waals surface area contributed by atoms with E-state index in [4.69, 9.17) is 0 Å². The zero-order chi connectivity index (χ0) is 9.99. The minimum absolute atomic E-state index is 0.363. The predicted octanol–water partition coefficient (Wildman–Crippen LogP) is 2.81. The minimum Gasteiger partial charge on any atom is -0.313 e. The van der Waals surface area contributed by atoms with Crippen LogP contribution in [0.4, 0.5) is 22.0 Å². The summed E-state index contributed by atoms with van der Waals surface area (Å²) in [6, 6.07) is 0. The normalized spacial score (nSPS) is 14.0. The average Bonchev–Trinajstić information content (AvgIpc) is 1.81. The molecule has 0 aliphatic rings. The van der Waals surface area contributed by atoms with Crippen molar-refractivity contribution in [3.8, 4) is 0 Å². The van der Waals surface area contributed by atoms with Crippen LogP contribution in [-0.2, 0) is 4.74 Å². The summed E-state index contributed by atoms with van der Waals surface area (Å²) in [6.07, 6.45) is -10.7. The van der Waals surface area contributed by atoms with Crippen molar-refractivity contribution in [3.63, 3.8) is 0 Å². The average molecular weight is 192 g/mol. The lowest BCUT2D eigenvalue weighted by molar-refractivity contribution is -0.392. The Morgan fingerprint density at radius 2 is 1.50 bits per heavy atom. The smallest absolute Gasteiger partial charge is 0.313 e. The number of ether oxygens (including phenoxy) is 1. The van der Waals surface area contributed by atoms with Gasteiger partial charge in [0, 0.05) is 0 Å². The van der Waals surface area contributed by atoms with Crippen molar-refractivity contribution in [1.82, 2.24) is 0 Å². The van der Waals surface area contributed by atoms with Gasteiger partial charge in [-0.3, -0.25) is 0 Å². The molecule has 1 nitrogen and oxygen atoms in total. The summed E-state index contributed by atoms with van der Waals surface area (Å²) >= 11 is 0. The van der Waals surface area contributed by atoms with Crippen LogP contribution in [0.25, 0.3) is 0 Å². The Morgan fingerprint density at radius 3 is 1.75 bits per heavy atom. The Bertz CT molecular complexity index is 139. The van der Waals surface area contributed by atoms with Gasteiger partial charge < -0.3 is 4.74 Å². The molecule has 0 unspecified atom stereocenters. The fourth-order valence-electron chi connectivity index (χ4n) is 0.353. The second kappa shape index (κ2) is 3.55. The van der Waals surface area contributed by atoms with Gasteiger partial charge in [0.2, 0.25) is 0 Å². The largest absolute Gasteiger partial charge is 0.482 e. The van der Waals surface area contributed by atoms with E-state index in [9.17, 15) is 22.0 Å². The van der Waals surface area contributed by atoms with Gasteiger partial charge in [0.1, 0.15) is 0 Å². The van der Waals surface area contributed by atoms with E-state index in [1.807, 2.05) is 0 Å². The number of halogens is 5. The molecule has 0 aromatic carbocycles. The Kier molecular flexibility index (Phi) is 3.44. The second-order valence-corrected chi connectivity index (χ2v) is 2.72. The van der Waals surface area contributed by atoms with Crippen LogP contribution in [0, 0.1) is 5.92 Å². The SMILES string of the molecule is CC(C)COC(F)(F)C(F)(F)F. The fourth-order valence-corrected chi connectivity index (χ4v) is 0.353. The van der Waals surface area contributed by atoms with Crippen molar-refractivity contribution < 1.29 is 26.7 Å². The summed E-state index contributed by atoms with van der Waals surface area (Å²) in [5.41, 5.74) is 0. The molecule has 0 bridgehead atoms. The van der Waals surface area contributed by atoms with E-state index >= 15 is 0 Å². The van der Waals surface area contributed by atoms with Crippen molar-refractivity contribution >= 4 is 0 Å². The zero-order valence-corrected chi connectivity index (χ0v) is 6.58. The lowest BCUT2D eigenvalue weighted by atomic mass is 10.2. The van der Waals surface area contributed by atoms with Gasteiger partial charge in [-0.15, -0.1) is 0 Å². The Hall–Kier alpha value is -0.390. The second-order valence-electron chi connectivity index (χ2n) is 2.72. The van der Waals surface area contributed by atoms with Crippen molar-refractivity contribution in [2.24, 2.45) is 5.92 Å². The number of alkyl halides is 5. The summed E-state index contributed by atoms with van der Waals surface area (Å²) in [5.74, 6) is -0.363. The van der Waals surface area contributed by atoms with Gasteiger partial charge >= 0.3 is 12.3 Å². The van der Waals surface area contributed by atoms with Crippen molar-refractivity contribution in [1.29, 1.82) is 0 Å². The van der Waals surface area contributed by atoms with Crippen LogP contribution in [0.2, 0.25) is 0 Å². The molecule has 0 amide bonds. The van der Waals surface area contributed by atoms with Crippen LogP contribution in [-0.4, -0.2) is 18.9 Å². The third kappa shape index (κ3) is 3.34. The highest BCUT2D eigenvalue weighted by molar-refractivity contribution is 4.64. The van der Waals surface area contributed by atoms with Crippen molar-refractivity contribution in [2.45, 2.75) is 26.1 Å². The van der Waals surface area contributed by atoms with Crippen LogP contribution in [0.1, 0.15) is 13.8 Å². The summed E-state index contributed by atoms with van der Waals surface area (Å²) in [4.78, 5) is 0. The van der Waals surface area contributed by atoms with Gasteiger partial charge in [0.15, 0.2) is 0 Å². The molecule has 0 heterocycles. The molecule has 0 aliphatic heterocycles. The predicted molar refractivity (Wildman–Crippen MR) is 31.8 cm³/mol. The molecule has 0 aromatic rings. The van der Waals surface area contributed by atoms with Crippen LogP contribution < -0.4 is 0 Å². The molecule has 0 saturated heterocycles. The van der Waals surface area contributed by atoms with Crippen molar-refractivity contribution in [3.05, 3.63) is 0 Å². The lowest BCUT2D eigenvalue weighted by Crippen LogP contribution is -2.39. The molecule has 0 aliphatic carbocycles. The molecule has 0 spiro atoms. The van der Waals surface area contributed by atoms with Crippen LogP contribution in [0.3, 0.4) is 0 Å². The minimum atomic E-state index is -5.62. The number of hydrogen-bond acceptors (Lipinski definition) is 1. The molecular formula is C6H9F5O. The zero-order valence-electron chi connectivity index (χ0n) is 6.58. The van der Waals surface area contributed by atoms with E-state index in [0.717, 1.165) is 0 Å². The van der Waals surface area contributed by atoms with E-state index in [2.05, 4.69) is 4.74 Å². The van der Waals surface area contributed by atoms with Gasteiger partial charge in [-0.1, -0.05) is 13.8 Å². The monoisotopic (exact) mass is 192 g/mol. The molecule has 0 N–H and O–H groups in total. The molecule has 0 radical (unpaired) electrons. The highest BCUT2D eigenvalue weighted by atomic mass is 19.4. The topological polar surface area (TPSA) is 9.23 Å². The Morgan fingerprint density at radius 1 is 1.08 bits per heavy atom. The van der Waals surface area contributed by atoms with Crippen LogP contribution in [0.15, 0.2) is 0 Å². The maximum atomic E-state index is 11.9. The van der Waals surface area contributed by atoms with E-state index < -0.39 is 18.9 Å². The summed E-state index contributed by atoms with van der Waals surface area (Å²) < 4.78 is 61.5. The van der Waals surface area contributed by atoms with E-state index in [1.54, 1.807) is 0 Å².